The summed E-state index contributed by atoms with van der Waals surface area (Å²) in [6.07, 6.45) is 10.3. The summed E-state index contributed by atoms with van der Waals surface area (Å²) in [5, 5.41) is 0. The predicted octanol–water partition coefficient (Wildman–Crippen LogP) is 2.76. The van der Waals surface area contributed by atoms with Crippen LogP contribution in [0.2, 0.25) is 0 Å². The number of carbonyl (C=O) groups excluding carboxylic acids is 1. The summed E-state index contributed by atoms with van der Waals surface area (Å²) in [6, 6.07) is 0.666. The van der Waals surface area contributed by atoms with Crippen molar-refractivity contribution in [1.82, 2.24) is 0 Å². The second kappa shape index (κ2) is 4.38. The summed E-state index contributed by atoms with van der Waals surface area (Å²) < 4.78 is 1.21. The predicted molar refractivity (Wildman–Crippen MR) is 68.6 cm³/mol. The molecule has 2 saturated carbocycles. The first-order chi connectivity index (χ1) is 8.21. The van der Waals surface area contributed by atoms with Gasteiger partial charge in [0.25, 0.3) is 0 Å². The van der Waals surface area contributed by atoms with Crippen molar-refractivity contribution in [2.75, 3.05) is 20.1 Å². The third kappa shape index (κ3) is 1.95. The van der Waals surface area contributed by atoms with E-state index in [1.165, 1.54) is 68.9 Å². The van der Waals surface area contributed by atoms with Gasteiger partial charge in [-0.1, -0.05) is 6.42 Å². The smallest absolute Gasteiger partial charge is 0.144 e. The van der Waals surface area contributed by atoms with Gasteiger partial charge < -0.3 is 4.48 Å². The van der Waals surface area contributed by atoms with Gasteiger partial charge in [0.1, 0.15) is 5.78 Å². The molecule has 3 fully saturated rings. The average Bonchev–Trinajstić information content (AvgIpc) is 2.29. The fourth-order valence-corrected chi connectivity index (χ4v) is 4.73. The third-order valence-electron chi connectivity index (χ3n) is 5.75. The van der Waals surface area contributed by atoms with Gasteiger partial charge in [0.15, 0.2) is 0 Å². The molecule has 96 valence electrons. The Bertz CT molecular complexity index is 306. The van der Waals surface area contributed by atoms with E-state index in [2.05, 4.69) is 7.05 Å². The normalized spacial score (nSPS) is 41.2. The number of fused-ring (bicyclic) bond motifs is 2. The summed E-state index contributed by atoms with van der Waals surface area (Å²) in [5.74, 6) is 1.50. The molecule has 1 heterocycles. The molecule has 0 radical (unpaired) electrons. The van der Waals surface area contributed by atoms with Crippen molar-refractivity contribution in [1.29, 1.82) is 0 Å². The van der Waals surface area contributed by atoms with Gasteiger partial charge in [0, 0.05) is 12.3 Å². The number of Topliss-reactive ketones (excluding diaryl/α,β-unsaturated/α-hetero) is 1. The zero-order valence-corrected chi connectivity index (χ0v) is 11.2. The van der Waals surface area contributed by atoms with Crippen LogP contribution in [0, 0.1) is 11.8 Å². The lowest BCUT2D eigenvalue weighted by atomic mass is 9.67. The Balaban J connectivity index is 1.80. The fourth-order valence-electron chi connectivity index (χ4n) is 4.73. The van der Waals surface area contributed by atoms with Crippen LogP contribution < -0.4 is 0 Å². The van der Waals surface area contributed by atoms with Gasteiger partial charge in [-0.2, -0.15) is 0 Å². The van der Waals surface area contributed by atoms with Crippen molar-refractivity contribution < 1.29 is 9.28 Å². The van der Waals surface area contributed by atoms with Crippen molar-refractivity contribution in [3.05, 3.63) is 0 Å². The minimum absolute atomic E-state index is 0.422. The Kier molecular flexibility index (Phi) is 3.02. The number of quaternary nitrogens is 1. The average molecular weight is 236 g/mol. The maximum Gasteiger partial charge on any atom is 0.144 e. The molecule has 0 N–H and O–H groups in total. The van der Waals surface area contributed by atoms with Gasteiger partial charge in [-0.3, -0.25) is 4.79 Å². The van der Waals surface area contributed by atoms with E-state index in [1.54, 1.807) is 0 Å². The molecule has 2 bridgehead atoms. The topological polar surface area (TPSA) is 17.1 Å². The molecule has 0 unspecified atom stereocenters. The molecule has 1 saturated heterocycles. The molecule has 17 heavy (non-hydrogen) atoms. The summed E-state index contributed by atoms with van der Waals surface area (Å²) in [4.78, 5) is 12.4. The largest absolute Gasteiger partial charge is 0.323 e. The molecular formula is C15H26NO+. The van der Waals surface area contributed by atoms with Crippen LogP contribution in [0.1, 0.15) is 51.4 Å². The molecule has 1 aliphatic heterocycles. The molecule has 3 aliphatic rings. The molecule has 3 atom stereocenters. The SMILES string of the molecule is C[N+]1([C@H]2CC[C@@H]3CCC[C@H]2C3=O)CCCCC1. The van der Waals surface area contributed by atoms with Gasteiger partial charge >= 0.3 is 0 Å². The highest BCUT2D eigenvalue weighted by Gasteiger charge is 2.48. The van der Waals surface area contributed by atoms with Crippen LogP contribution in [-0.4, -0.2) is 36.4 Å². The van der Waals surface area contributed by atoms with Gasteiger partial charge in [-0.25, -0.2) is 0 Å². The number of hydrogen-bond donors (Lipinski definition) is 0. The standard InChI is InChI=1S/C15H26NO/c1-16(10-3-2-4-11-16)14-9-8-12-6-5-7-13(14)15(12)17/h12-14H,2-11H2,1H3/q+1/t12-,13+,14-/m0/s1. The molecule has 3 rings (SSSR count). The van der Waals surface area contributed by atoms with E-state index in [0.717, 1.165) is 0 Å². The monoisotopic (exact) mass is 236 g/mol. The highest BCUT2D eigenvalue weighted by Crippen LogP contribution is 2.42. The molecule has 0 spiro atoms. The Hall–Kier alpha value is -0.370. The van der Waals surface area contributed by atoms with Crippen molar-refractivity contribution >= 4 is 5.78 Å². The molecule has 0 amide bonds. The van der Waals surface area contributed by atoms with E-state index in [1.807, 2.05) is 0 Å². The van der Waals surface area contributed by atoms with Gasteiger partial charge in [-0.05, 0) is 38.5 Å². The fraction of sp³-hybridized carbons (Fsp3) is 0.933. The first-order valence-electron chi connectivity index (χ1n) is 7.59. The number of piperidine rings is 1. The molecule has 0 aromatic heterocycles. The Morgan fingerprint density at radius 2 is 1.71 bits per heavy atom. The summed E-state index contributed by atoms with van der Waals surface area (Å²) in [6.45, 7) is 2.64. The molecule has 2 heteroatoms. The summed E-state index contributed by atoms with van der Waals surface area (Å²) >= 11 is 0. The van der Waals surface area contributed by atoms with Crippen LogP contribution in [0.15, 0.2) is 0 Å². The number of likely N-dealkylation sites (tertiary alicyclic amines) is 1. The van der Waals surface area contributed by atoms with E-state index in [-0.39, 0.29) is 0 Å². The van der Waals surface area contributed by atoms with Crippen LogP contribution in [0.25, 0.3) is 0 Å². The van der Waals surface area contributed by atoms with Crippen molar-refractivity contribution in [3.63, 3.8) is 0 Å². The number of hydrogen-bond acceptors (Lipinski definition) is 1. The third-order valence-corrected chi connectivity index (χ3v) is 5.75. The second-order valence-corrected chi connectivity index (χ2v) is 6.77. The lowest BCUT2D eigenvalue weighted by Crippen LogP contribution is -2.61. The lowest BCUT2D eigenvalue weighted by molar-refractivity contribution is -0.941. The van der Waals surface area contributed by atoms with Gasteiger partial charge in [0.05, 0.1) is 32.1 Å². The molecular weight excluding hydrogens is 210 g/mol. The first kappa shape index (κ1) is 11.7. The minimum Gasteiger partial charge on any atom is -0.323 e. The van der Waals surface area contributed by atoms with Gasteiger partial charge in [-0.15, -0.1) is 0 Å². The van der Waals surface area contributed by atoms with E-state index in [9.17, 15) is 4.79 Å². The van der Waals surface area contributed by atoms with Crippen molar-refractivity contribution in [2.45, 2.75) is 57.4 Å². The second-order valence-electron chi connectivity index (χ2n) is 6.77. The minimum atomic E-state index is 0.422. The number of carbonyl (C=O) groups is 1. The van der Waals surface area contributed by atoms with E-state index < -0.39 is 0 Å². The van der Waals surface area contributed by atoms with Crippen LogP contribution in [0.4, 0.5) is 0 Å². The molecule has 2 aliphatic carbocycles. The van der Waals surface area contributed by atoms with Crippen LogP contribution >= 0.6 is 0 Å². The maximum absolute atomic E-state index is 12.4. The quantitative estimate of drug-likeness (QED) is 0.640. The van der Waals surface area contributed by atoms with Crippen LogP contribution in [-0.2, 0) is 4.79 Å². The van der Waals surface area contributed by atoms with E-state index >= 15 is 0 Å². The van der Waals surface area contributed by atoms with Crippen molar-refractivity contribution in [3.8, 4) is 0 Å². The Morgan fingerprint density at radius 1 is 0.941 bits per heavy atom. The zero-order chi connectivity index (χ0) is 11.9. The molecule has 2 nitrogen and oxygen atoms in total. The zero-order valence-electron chi connectivity index (χ0n) is 11.2. The van der Waals surface area contributed by atoms with Crippen LogP contribution in [0.3, 0.4) is 0 Å². The number of ketones is 1. The highest BCUT2D eigenvalue weighted by atomic mass is 16.1. The van der Waals surface area contributed by atoms with E-state index in [0.29, 0.717) is 23.7 Å². The van der Waals surface area contributed by atoms with Crippen LogP contribution in [0.5, 0.6) is 0 Å². The number of nitrogens with zero attached hydrogens (tertiary/aromatic N) is 1. The summed E-state index contributed by atoms with van der Waals surface area (Å²) in [5.41, 5.74) is 0. The Morgan fingerprint density at radius 3 is 2.47 bits per heavy atom. The number of rotatable bonds is 1. The van der Waals surface area contributed by atoms with Crippen molar-refractivity contribution in [2.24, 2.45) is 11.8 Å². The first-order valence-corrected chi connectivity index (χ1v) is 7.59. The highest BCUT2D eigenvalue weighted by molar-refractivity contribution is 5.85. The molecule has 0 aromatic rings. The van der Waals surface area contributed by atoms with Gasteiger partial charge in [0.2, 0.25) is 0 Å². The molecule has 0 aromatic carbocycles. The van der Waals surface area contributed by atoms with E-state index in [4.69, 9.17) is 0 Å². The Labute approximate surface area is 105 Å². The maximum atomic E-state index is 12.4. The lowest BCUT2D eigenvalue weighted by Gasteiger charge is -2.50. The summed E-state index contributed by atoms with van der Waals surface area (Å²) in [7, 11) is 2.42.